The van der Waals surface area contributed by atoms with Crippen molar-refractivity contribution in [3.05, 3.63) is 12.2 Å². The van der Waals surface area contributed by atoms with Crippen molar-refractivity contribution < 1.29 is 4.79 Å². The normalized spacial score (nSPS) is 34.9. The summed E-state index contributed by atoms with van der Waals surface area (Å²) >= 11 is 0. The molecule has 3 nitrogen and oxygen atoms in total. The van der Waals surface area contributed by atoms with Crippen molar-refractivity contribution in [3.8, 4) is 0 Å². The van der Waals surface area contributed by atoms with Gasteiger partial charge in [-0.25, -0.2) is 0 Å². The molecule has 3 saturated heterocycles. The Kier molecular flexibility index (Phi) is 3.22. The molecule has 0 aromatic heterocycles. The van der Waals surface area contributed by atoms with Crippen molar-refractivity contribution in [2.75, 3.05) is 32.7 Å². The Balaban J connectivity index is 2.02. The van der Waals surface area contributed by atoms with Gasteiger partial charge in [-0.2, -0.15) is 0 Å². The molecule has 0 amide bonds. The Morgan fingerprint density at radius 3 is 2.87 bits per heavy atom. The van der Waals surface area contributed by atoms with E-state index in [1.807, 2.05) is 6.92 Å². The van der Waals surface area contributed by atoms with Crippen molar-refractivity contribution in [1.82, 2.24) is 9.80 Å². The highest BCUT2D eigenvalue weighted by Gasteiger charge is 2.33. The molecule has 2 bridgehead atoms. The summed E-state index contributed by atoms with van der Waals surface area (Å²) in [6, 6.07) is 0.137. The number of allylic oxidation sites excluding steroid dienone is 1. The predicted molar refractivity (Wildman–Crippen MR) is 60.9 cm³/mol. The molecule has 15 heavy (non-hydrogen) atoms. The van der Waals surface area contributed by atoms with Gasteiger partial charge in [0.2, 0.25) is 0 Å². The van der Waals surface area contributed by atoms with Crippen LogP contribution in [0, 0.1) is 0 Å². The van der Waals surface area contributed by atoms with Crippen LogP contribution in [0.5, 0.6) is 0 Å². The Bertz CT molecular complexity index is 271. The zero-order valence-electron chi connectivity index (χ0n) is 9.54. The molecule has 3 fully saturated rings. The molecule has 3 aliphatic rings. The number of carbonyl (C=O) groups excluding carboxylic acids is 1. The van der Waals surface area contributed by atoms with E-state index < -0.39 is 0 Å². The van der Waals surface area contributed by atoms with Gasteiger partial charge in [0.15, 0.2) is 5.78 Å². The van der Waals surface area contributed by atoms with Crippen molar-refractivity contribution in [2.45, 2.75) is 25.8 Å². The number of piperazine rings is 1. The van der Waals surface area contributed by atoms with Gasteiger partial charge in [-0.3, -0.25) is 9.69 Å². The highest BCUT2D eigenvalue weighted by atomic mass is 16.1. The lowest BCUT2D eigenvalue weighted by Crippen LogP contribution is -2.53. The highest BCUT2D eigenvalue weighted by Crippen LogP contribution is 2.18. The van der Waals surface area contributed by atoms with Crippen LogP contribution < -0.4 is 0 Å². The van der Waals surface area contributed by atoms with E-state index >= 15 is 0 Å². The summed E-state index contributed by atoms with van der Waals surface area (Å²) in [5.74, 6) is 0.356. The summed E-state index contributed by atoms with van der Waals surface area (Å²) in [7, 11) is 0. The first kappa shape index (κ1) is 10.8. The van der Waals surface area contributed by atoms with Crippen molar-refractivity contribution >= 4 is 5.78 Å². The third kappa shape index (κ3) is 2.47. The highest BCUT2D eigenvalue weighted by molar-refractivity contribution is 5.86. The van der Waals surface area contributed by atoms with Gasteiger partial charge in [0.25, 0.3) is 0 Å². The number of hydrogen-bond donors (Lipinski definition) is 0. The number of hydrogen-bond acceptors (Lipinski definition) is 3. The zero-order valence-corrected chi connectivity index (χ0v) is 9.54. The molecule has 3 unspecified atom stereocenters. The van der Waals surface area contributed by atoms with Gasteiger partial charge in [0.05, 0.1) is 6.04 Å². The molecule has 0 aliphatic carbocycles. The fourth-order valence-corrected chi connectivity index (χ4v) is 2.57. The summed E-state index contributed by atoms with van der Waals surface area (Å²) in [6.45, 7) is 11.1. The minimum absolute atomic E-state index is 0.137. The number of Topliss-reactive ketones (excluding diaryl/α,β-unsaturated/α-hetero) is 1. The minimum Gasteiger partial charge on any atom is -0.300 e. The second-order valence-corrected chi connectivity index (χ2v) is 4.81. The average molecular weight is 208 g/mol. The van der Waals surface area contributed by atoms with Crippen LogP contribution in [0.1, 0.15) is 19.8 Å². The molecule has 84 valence electrons. The van der Waals surface area contributed by atoms with Crippen molar-refractivity contribution in [3.63, 3.8) is 0 Å². The first-order valence-corrected chi connectivity index (χ1v) is 5.80. The molecule has 3 heteroatoms. The molecule has 0 spiro atoms. The monoisotopic (exact) mass is 208 g/mol. The largest absolute Gasteiger partial charge is 0.300 e. The van der Waals surface area contributed by atoms with Gasteiger partial charge in [0.1, 0.15) is 0 Å². The maximum atomic E-state index is 12.0. The van der Waals surface area contributed by atoms with E-state index in [0.717, 1.165) is 38.3 Å². The van der Waals surface area contributed by atoms with Crippen LogP contribution in [0.4, 0.5) is 0 Å². The minimum atomic E-state index is 0.137. The standard InChI is InChI=1S/C12H20N2O/c1-10(2)8-12(15)11-9-13-4-3-5-14(11)7-6-13/h11H,1,3-9H2,2H3. The van der Waals surface area contributed by atoms with Gasteiger partial charge in [-0.05, 0) is 19.9 Å². The Labute approximate surface area is 91.7 Å². The molecular weight excluding hydrogens is 188 g/mol. The fraction of sp³-hybridized carbons (Fsp3) is 0.750. The van der Waals surface area contributed by atoms with Gasteiger partial charge in [-0.1, -0.05) is 12.2 Å². The maximum Gasteiger partial charge on any atom is 0.155 e. The Morgan fingerprint density at radius 2 is 2.13 bits per heavy atom. The van der Waals surface area contributed by atoms with E-state index in [1.54, 1.807) is 0 Å². The summed E-state index contributed by atoms with van der Waals surface area (Å²) in [5.41, 5.74) is 0.983. The molecule has 3 rings (SSSR count). The molecule has 0 aromatic carbocycles. The van der Waals surface area contributed by atoms with Crippen molar-refractivity contribution in [2.24, 2.45) is 0 Å². The summed E-state index contributed by atoms with van der Waals surface area (Å²) in [6.07, 6.45) is 1.76. The first-order valence-electron chi connectivity index (χ1n) is 5.80. The summed E-state index contributed by atoms with van der Waals surface area (Å²) in [4.78, 5) is 16.8. The second-order valence-electron chi connectivity index (χ2n) is 4.81. The topological polar surface area (TPSA) is 23.6 Å². The zero-order chi connectivity index (χ0) is 10.8. The van der Waals surface area contributed by atoms with Crippen LogP contribution in [-0.4, -0.2) is 54.3 Å². The van der Waals surface area contributed by atoms with E-state index in [-0.39, 0.29) is 6.04 Å². The van der Waals surface area contributed by atoms with Crippen LogP contribution >= 0.6 is 0 Å². The van der Waals surface area contributed by atoms with E-state index in [9.17, 15) is 4.79 Å². The number of nitrogens with zero attached hydrogens (tertiary/aromatic N) is 2. The fourth-order valence-electron chi connectivity index (χ4n) is 2.57. The van der Waals surface area contributed by atoms with Gasteiger partial charge < -0.3 is 4.90 Å². The predicted octanol–water partition coefficient (Wildman–Crippen LogP) is 0.912. The van der Waals surface area contributed by atoms with Crippen LogP contribution in [-0.2, 0) is 4.79 Å². The van der Waals surface area contributed by atoms with E-state index in [0.29, 0.717) is 12.2 Å². The quantitative estimate of drug-likeness (QED) is 0.644. The van der Waals surface area contributed by atoms with Crippen LogP contribution in [0.2, 0.25) is 0 Å². The molecule has 0 radical (unpaired) electrons. The lowest BCUT2D eigenvalue weighted by atomic mass is 10.0. The lowest BCUT2D eigenvalue weighted by Gasteiger charge is -2.36. The van der Waals surface area contributed by atoms with Crippen molar-refractivity contribution in [1.29, 1.82) is 0 Å². The van der Waals surface area contributed by atoms with E-state index in [4.69, 9.17) is 0 Å². The summed E-state index contributed by atoms with van der Waals surface area (Å²) in [5, 5.41) is 0. The average Bonchev–Trinajstić information content (AvgIpc) is 2.50. The molecular formula is C12H20N2O. The Hall–Kier alpha value is -0.670. The molecule has 0 aromatic rings. The molecule has 3 heterocycles. The Morgan fingerprint density at radius 1 is 1.33 bits per heavy atom. The number of carbonyl (C=O) groups is 1. The van der Waals surface area contributed by atoms with Gasteiger partial charge in [-0.15, -0.1) is 0 Å². The number of rotatable bonds is 3. The third-order valence-electron chi connectivity index (χ3n) is 3.34. The number of fused-ring (bicyclic) bond motifs is 4. The molecule has 3 aliphatic heterocycles. The first-order chi connectivity index (χ1) is 7.16. The molecule has 3 atom stereocenters. The van der Waals surface area contributed by atoms with Gasteiger partial charge >= 0.3 is 0 Å². The van der Waals surface area contributed by atoms with Crippen LogP contribution in [0.15, 0.2) is 12.2 Å². The van der Waals surface area contributed by atoms with Crippen LogP contribution in [0.3, 0.4) is 0 Å². The number of ketones is 1. The van der Waals surface area contributed by atoms with E-state index in [2.05, 4.69) is 16.4 Å². The maximum absolute atomic E-state index is 12.0. The molecule has 0 N–H and O–H groups in total. The third-order valence-corrected chi connectivity index (χ3v) is 3.34. The lowest BCUT2D eigenvalue weighted by molar-refractivity contribution is -0.125. The SMILES string of the molecule is C=C(C)CC(=O)C1CN2CCCN1CC2. The summed E-state index contributed by atoms with van der Waals surface area (Å²) < 4.78 is 0. The van der Waals surface area contributed by atoms with Gasteiger partial charge in [0, 0.05) is 32.6 Å². The van der Waals surface area contributed by atoms with E-state index in [1.165, 1.54) is 6.42 Å². The second kappa shape index (κ2) is 4.45. The van der Waals surface area contributed by atoms with Crippen LogP contribution in [0.25, 0.3) is 0 Å². The molecule has 0 saturated carbocycles. The smallest absolute Gasteiger partial charge is 0.155 e.